The number of amides is 2. The quantitative estimate of drug-likeness (QED) is 0.836. The second-order valence-electron chi connectivity index (χ2n) is 6.59. The van der Waals surface area contributed by atoms with Crippen LogP contribution < -0.4 is 4.90 Å². The average Bonchev–Trinajstić information content (AvgIpc) is 3.02. The topological polar surface area (TPSA) is 71.3 Å². The Morgan fingerprint density at radius 3 is 2.60 bits per heavy atom. The summed E-state index contributed by atoms with van der Waals surface area (Å²) in [5.74, 6) is 1.87. The third kappa shape index (κ3) is 2.90. The molecule has 0 bridgehead atoms. The van der Waals surface area contributed by atoms with Crippen molar-refractivity contribution in [3.8, 4) is 0 Å². The van der Waals surface area contributed by atoms with Gasteiger partial charge < -0.3 is 14.4 Å². The van der Waals surface area contributed by atoms with Crippen LogP contribution in [0.5, 0.6) is 0 Å². The van der Waals surface area contributed by atoms with E-state index in [9.17, 15) is 9.59 Å². The van der Waals surface area contributed by atoms with E-state index in [4.69, 9.17) is 0 Å². The molecular formula is C18H21N5O2. The van der Waals surface area contributed by atoms with Crippen LogP contribution in [-0.2, 0) is 17.9 Å². The van der Waals surface area contributed by atoms with E-state index in [1.165, 1.54) is 0 Å². The highest BCUT2D eigenvalue weighted by Crippen LogP contribution is 2.22. The van der Waals surface area contributed by atoms with Gasteiger partial charge in [-0.3, -0.25) is 9.59 Å². The number of hydrogen-bond donors (Lipinski definition) is 0. The molecule has 2 aliphatic heterocycles. The first kappa shape index (κ1) is 15.8. The summed E-state index contributed by atoms with van der Waals surface area (Å²) in [6, 6.07) is 7.36. The number of fused-ring (bicyclic) bond motifs is 1. The second kappa shape index (κ2) is 6.31. The molecule has 2 aromatic rings. The zero-order chi connectivity index (χ0) is 17.4. The van der Waals surface area contributed by atoms with E-state index < -0.39 is 0 Å². The minimum atomic E-state index is -0.0107. The van der Waals surface area contributed by atoms with Gasteiger partial charge >= 0.3 is 0 Å². The average molecular weight is 339 g/mol. The normalized spacial score (nSPS) is 17.6. The maximum atomic E-state index is 12.8. The molecule has 2 amide bonds. The molecular weight excluding hydrogens is 318 g/mol. The molecule has 0 aliphatic carbocycles. The number of rotatable bonds is 2. The molecule has 1 aromatic heterocycles. The monoisotopic (exact) mass is 339 g/mol. The lowest BCUT2D eigenvalue weighted by molar-refractivity contribution is -0.119. The lowest BCUT2D eigenvalue weighted by Crippen LogP contribution is -2.38. The summed E-state index contributed by atoms with van der Waals surface area (Å²) in [5.41, 5.74) is 1.51. The van der Waals surface area contributed by atoms with E-state index in [1.54, 1.807) is 4.90 Å². The Hall–Kier alpha value is -2.70. The first-order valence-corrected chi connectivity index (χ1v) is 8.72. The van der Waals surface area contributed by atoms with Gasteiger partial charge in [-0.25, -0.2) is 0 Å². The van der Waals surface area contributed by atoms with Gasteiger partial charge in [0.15, 0.2) is 5.82 Å². The highest BCUT2D eigenvalue weighted by molar-refractivity contribution is 5.97. The molecule has 0 atom stereocenters. The molecule has 2 aliphatic rings. The van der Waals surface area contributed by atoms with Crippen LogP contribution in [0.3, 0.4) is 0 Å². The molecule has 0 N–H and O–H groups in total. The number of anilines is 1. The molecule has 3 heterocycles. The van der Waals surface area contributed by atoms with Gasteiger partial charge in [0.1, 0.15) is 5.82 Å². The number of aryl methyl sites for hydroxylation is 1. The molecule has 0 spiro atoms. The maximum absolute atomic E-state index is 12.8. The van der Waals surface area contributed by atoms with Crippen molar-refractivity contribution < 1.29 is 9.59 Å². The van der Waals surface area contributed by atoms with Crippen LogP contribution in [0, 0.1) is 6.92 Å². The minimum absolute atomic E-state index is 0.0107. The van der Waals surface area contributed by atoms with Gasteiger partial charge in [0.25, 0.3) is 5.91 Å². The Labute approximate surface area is 146 Å². The second-order valence-corrected chi connectivity index (χ2v) is 6.59. The predicted octanol–water partition coefficient (Wildman–Crippen LogP) is 1.76. The molecule has 25 heavy (non-hydrogen) atoms. The first-order chi connectivity index (χ1) is 12.1. The zero-order valence-electron chi connectivity index (χ0n) is 14.3. The molecule has 7 nitrogen and oxygen atoms in total. The molecule has 1 aromatic carbocycles. The largest absolute Gasteiger partial charge is 0.329 e. The van der Waals surface area contributed by atoms with Crippen LogP contribution in [0.2, 0.25) is 0 Å². The van der Waals surface area contributed by atoms with E-state index in [2.05, 4.69) is 14.8 Å². The summed E-state index contributed by atoms with van der Waals surface area (Å²) >= 11 is 0. The number of hydrogen-bond acceptors (Lipinski definition) is 4. The maximum Gasteiger partial charge on any atom is 0.254 e. The minimum Gasteiger partial charge on any atom is -0.329 e. The smallest absolute Gasteiger partial charge is 0.254 e. The van der Waals surface area contributed by atoms with Crippen molar-refractivity contribution >= 4 is 17.5 Å². The molecule has 7 heteroatoms. The highest BCUT2D eigenvalue weighted by Gasteiger charge is 2.25. The van der Waals surface area contributed by atoms with E-state index in [1.807, 2.05) is 36.1 Å². The summed E-state index contributed by atoms with van der Waals surface area (Å²) in [6.45, 7) is 4.53. The van der Waals surface area contributed by atoms with Gasteiger partial charge in [-0.2, -0.15) is 0 Å². The van der Waals surface area contributed by atoms with Gasteiger partial charge in [0, 0.05) is 37.3 Å². The zero-order valence-corrected chi connectivity index (χ0v) is 14.3. The van der Waals surface area contributed by atoms with Crippen molar-refractivity contribution in [2.45, 2.75) is 39.3 Å². The van der Waals surface area contributed by atoms with Crippen LogP contribution in [0.25, 0.3) is 0 Å². The molecule has 0 radical (unpaired) electrons. The third-order valence-corrected chi connectivity index (χ3v) is 4.97. The molecule has 1 saturated heterocycles. The van der Waals surface area contributed by atoms with E-state index in [-0.39, 0.29) is 11.8 Å². The standard InChI is InChI=1S/C18H21N5O2/c1-13-19-20-16-12-21(10-11-22(13)16)18(25)14-5-7-15(8-6-14)23-9-3-2-4-17(23)24/h5-8H,2-4,9-12H2,1H3. The van der Waals surface area contributed by atoms with Gasteiger partial charge in [-0.1, -0.05) is 0 Å². The predicted molar refractivity (Wildman–Crippen MR) is 92.1 cm³/mol. The summed E-state index contributed by atoms with van der Waals surface area (Å²) in [5, 5.41) is 8.21. The van der Waals surface area contributed by atoms with Crippen LogP contribution >= 0.6 is 0 Å². The van der Waals surface area contributed by atoms with E-state index >= 15 is 0 Å². The summed E-state index contributed by atoms with van der Waals surface area (Å²) in [4.78, 5) is 28.4. The van der Waals surface area contributed by atoms with Crippen LogP contribution in [0.15, 0.2) is 24.3 Å². The summed E-state index contributed by atoms with van der Waals surface area (Å²) < 4.78 is 2.05. The fraction of sp³-hybridized carbons (Fsp3) is 0.444. The number of piperidine rings is 1. The van der Waals surface area contributed by atoms with Crippen molar-refractivity contribution in [3.05, 3.63) is 41.5 Å². The number of benzene rings is 1. The molecule has 4 rings (SSSR count). The van der Waals surface area contributed by atoms with Gasteiger partial charge in [-0.15, -0.1) is 10.2 Å². The van der Waals surface area contributed by atoms with Crippen molar-refractivity contribution in [2.24, 2.45) is 0 Å². The summed E-state index contributed by atoms with van der Waals surface area (Å²) in [7, 11) is 0. The molecule has 1 fully saturated rings. The lowest BCUT2D eigenvalue weighted by Gasteiger charge is -2.28. The molecule has 130 valence electrons. The van der Waals surface area contributed by atoms with Crippen LogP contribution in [0.4, 0.5) is 5.69 Å². The SMILES string of the molecule is Cc1nnc2n1CCN(C(=O)c1ccc(N3CCCCC3=O)cc1)C2. The number of aromatic nitrogens is 3. The number of carbonyl (C=O) groups excluding carboxylic acids is 2. The Bertz CT molecular complexity index is 811. The third-order valence-electron chi connectivity index (χ3n) is 4.97. The Balaban J connectivity index is 1.48. The van der Waals surface area contributed by atoms with Gasteiger partial charge in [-0.05, 0) is 44.0 Å². The number of nitrogens with zero attached hydrogens (tertiary/aromatic N) is 5. The number of carbonyl (C=O) groups is 2. The lowest BCUT2D eigenvalue weighted by atomic mass is 10.1. The first-order valence-electron chi connectivity index (χ1n) is 8.72. The molecule has 0 saturated carbocycles. The Kier molecular flexibility index (Phi) is 3.99. The van der Waals surface area contributed by atoms with E-state index in [0.717, 1.165) is 43.3 Å². The van der Waals surface area contributed by atoms with E-state index in [0.29, 0.717) is 25.1 Å². The van der Waals surface area contributed by atoms with Crippen molar-refractivity contribution in [2.75, 3.05) is 18.0 Å². The van der Waals surface area contributed by atoms with Crippen LogP contribution in [0.1, 0.15) is 41.3 Å². The Morgan fingerprint density at radius 2 is 1.84 bits per heavy atom. The summed E-state index contributed by atoms with van der Waals surface area (Å²) in [6.07, 6.45) is 2.60. The van der Waals surface area contributed by atoms with Crippen molar-refractivity contribution in [1.82, 2.24) is 19.7 Å². The highest BCUT2D eigenvalue weighted by atomic mass is 16.2. The van der Waals surface area contributed by atoms with Crippen molar-refractivity contribution in [1.29, 1.82) is 0 Å². The van der Waals surface area contributed by atoms with Gasteiger partial charge in [0.2, 0.25) is 5.91 Å². The van der Waals surface area contributed by atoms with Gasteiger partial charge in [0.05, 0.1) is 6.54 Å². The molecule has 0 unspecified atom stereocenters. The van der Waals surface area contributed by atoms with Crippen LogP contribution in [-0.4, -0.2) is 44.6 Å². The Morgan fingerprint density at radius 1 is 1.04 bits per heavy atom. The fourth-order valence-electron chi connectivity index (χ4n) is 3.52. The van der Waals surface area contributed by atoms with Crippen molar-refractivity contribution in [3.63, 3.8) is 0 Å². The fourth-order valence-corrected chi connectivity index (χ4v) is 3.52.